The SMILES string of the molecule is Cc1c(NC(=O)c2ccc(N3CCCCC3)cc2)cccc1-c1cn(C)c(=O)c(Nc2ccc(C(=O)N(C)CCO)cc2)n1. The molecule has 1 aliphatic rings. The van der Waals surface area contributed by atoms with Crippen LogP contribution >= 0.6 is 0 Å². The van der Waals surface area contributed by atoms with Crippen LogP contribution in [0.3, 0.4) is 0 Å². The van der Waals surface area contributed by atoms with Crippen LogP contribution in [0.15, 0.2) is 77.7 Å². The molecule has 0 aliphatic carbocycles. The predicted octanol–water partition coefficient (Wildman–Crippen LogP) is 4.81. The number of anilines is 4. The molecule has 0 bridgehead atoms. The average Bonchev–Trinajstić information content (AvgIpc) is 3.04. The van der Waals surface area contributed by atoms with Crippen molar-refractivity contribution in [3.8, 4) is 11.3 Å². The normalized spacial score (nSPS) is 13.0. The standard InChI is InChI=1S/C34H38N6O4/c1-23-28(8-7-9-29(23)37-32(42)24-12-16-27(17-13-24)40-18-5-4-6-19-40)30-22-39(3)34(44)31(36-30)35-26-14-10-25(11-15-26)33(43)38(2)20-21-41/h7-17,22,41H,4-6,18-21H2,1-3H3,(H,35,36)(H,37,42). The van der Waals surface area contributed by atoms with Crippen LogP contribution in [0.2, 0.25) is 0 Å². The first-order valence-electron chi connectivity index (χ1n) is 14.8. The molecular weight excluding hydrogens is 556 g/mol. The molecule has 2 amide bonds. The summed E-state index contributed by atoms with van der Waals surface area (Å²) in [7, 11) is 3.28. The van der Waals surface area contributed by atoms with Crippen LogP contribution in [0.5, 0.6) is 0 Å². The number of aromatic nitrogens is 2. The van der Waals surface area contributed by atoms with Gasteiger partial charge in [-0.2, -0.15) is 0 Å². The predicted molar refractivity (Wildman–Crippen MR) is 174 cm³/mol. The van der Waals surface area contributed by atoms with E-state index in [0.717, 1.165) is 29.9 Å². The summed E-state index contributed by atoms with van der Waals surface area (Å²) < 4.78 is 1.46. The molecule has 0 atom stereocenters. The highest BCUT2D eigenvalue weighted by molar-refractivity contribution is 6.05. The maximum atomic E-state index is 13.2. The molecule has 0 saturated carbocycles. The van der Waals surface area contributed by atoms with E-state index in [1.165, 1.54) is 28.7 Å². The van der Waals surface area contributed by atoms with Gasteiger partial charge in [-0.3, -0.25) is 14.4 Å². The summed E-state index contributed by atoms with van der Waals surface area (Å²) in [5.74, 6) is -0.279. The molecule has 2 heterocycles. The number of hydrogen-bond donors (Lipinski definition) is 3. The third-order valence-electron chi connectivity index (χ3n) is 7.96. The molecule has 1 fully saturated rings. The van der Waals surface area contributed by atoms with Gasteiger partial charge in [-0.25, -0.2) is 4.98 Å². The minimum absolute atomic E-state index is 0.116. The maximum absolute atomic E-state index is 13.2. The number of aliphatic hydroxyl groups is 1. The molecule has 0 radical (unpaired) electrons. The van der Waals surface area contributed by atoms with Crippen LogP contribution < -0.4 is 21.1 Å². The smallest absolute Gasteiger partial charge is 0.293 e. The van der Waals surface area contributed by atoms with Crippen LogP contribution in [-0.4, -0.2) is 64.7 Å². The number of carbonyl (C=O) groups excluding carboxylic acids is 2. The van der Waals surface area contributed by atoms with E-state index in [0.29, 0.717) is 28.2 Å². The van der Waals surface area contributed by atoms with Crippen molar-refractivity contribution in [1.82, 2.24) is 14.5 Å². The van der Waals surface area contributed by atoms with Gasteiger partial charge in [-0.15, -0.1) is 0 Å². The lowest BCUT2D eigenvalue weighted by atomic mass is 10.0. The fourth-order valence-electron chi connectivity index (χ4n) is 5.34. The third kappa shape index (κ3) is 6.81. The van der Waals surface area contributed by atoms with Crippen LogP contribution in [0.4, 0.5) is 22.9 Å². The highest BCUT2D eigenvalue weighted by atomic mass is 16.3. The van der Waals surface area contributed by atoms with Crippen LogP contribution in [0.25, 0.3) is 11.3 Å². The molecule has 4 aromatic rings. The summed E-state index contributed by atoms with van der Waals surface area (Å²) in [5.41, 5.74) is 5.27. The molecule has 3 aromatic carbocycles. The van der Waals surface area contributed by atoms with Gasteiger partial charge in [0.15, 0.2) is 5.82 Å². The van der Waals surface area contributed by atoms with Crippen LogP contribution in [0, 0.1) is 6.92 Å². The fourth-order valence-corrected chi connectivity index (χ4v) is 5.34. The third-order valence-corrected chi connectivity index (χ3v) is 7.96. The van der Waals surface area contributed by atoms with E-state index in [4.69, 9.17) is 5.11 Å². The summed E-state index contributed by atoms with van der Waals surface area (Å²) in [6.45, 7) is 4.13. The van der Waals surface area contributed by atoms with Gasteiger partial charge in [-0.1, -0.05) is 12.1 Å². The lowest BCUT2D eigenvalue weighted by Crippen LogP contribution is -2.29. The Morgan fingerprint density at radius 2 is 1.64 bits per heavy atom. The number of piperidine rings is 1. The van der Waals surface area contributed by atoms with Gasteiger partial charge in [0.05, 0.1) is 12.3 Å². The topological polar surface area (TPSA) is 120 Å². The number of rotatable bonds is 9. The monoisotopic (exact) mass is 594 g/mol. The summed E-state index contributed by atoms with van der Waals surface area (Å²) >= 11 is 0. The summed E-state index contributed by atoms with van der Waals surface area (Å²) in [4.78, 5) is 47.0. The number of nitrogens with zero attached hydrogens (tertiary/aromatic N) is 4. The van der Waals surface area contributed by atoms with Gasteiger partial charge < -0.3 is 30.1 Å². The molecule has 44 heavy (non-hydrogen) atoms. The Hall–Kier alpha value is -4.96. The van der Waals surface area contributed by atoms with E-state index in [1.807, 2.05) is 49.4 Å². The van der Waals surface area contributed by atoms with Crippen molar-refractivity contribution < 1.29 is 14.7 Å². The molecule has 5 rings (SSSR count). The Kier molecular flexibility index (Phi) is 9.40. The molecule has 10 nitrogen and oxygen atoms in total. The summed E-state index contributed by atoms with van der Waals surface area (Å²) in [6, 6.07) is 20.1. The van der Waals surface area contributed by atoms with Crippen LogP contribution in [0.1, 0.15) is 45.5 Å². The molecule has 3 N–H and O–H groups in total. The van der Waals surface area contributed by atoms with Gasteiger partial charge in [0.25, 0.3) is 17.4 Å². The highest BCUT2D eigenvalue weighted by Gasteiger charge is 2.16. The number of likely N-dealkylation sites (N-methyl/N-ethyl adjacent to an activating group) is 1. The lowest BCUT2D eigenvalue weighted by molar-refractivity contribution is 0.0767. The van der Waals surface area contributed by atoms with Crippen molar-refractivity contribution in [2.45, 2.75) is 26.2 Å². The average molecular weight is 595 g/mol. The summed E-state index contributed by atoms with van der Waals surface area (Å²) in [6.07, 6.45) is 5.32. The first kappa shape index (κ1) is 30.5. The highest BCUT2D eigenvalue weighted by Crippen LogP contribution is 2.29. The largest absolute Gasteiger partial charge is 0.395 e. The Morgan fingerprint density at radius 1 is 0.955 bits per heavy atom. The van der Waals surface area contributed by atoms with Gasteiger partial charge >= 0.3 is 0 Å². The zero-order valence-electron chi connectivity index (χ0n) is 25.3. The maximum Gasteiger partial charge on any atom is 0.293 e. The number of aryl methyl sites for hydroxylation is 1. The van der Waals surface area contributed by atoms with Crippen molar-refractivity contribution in [3.63, 3.8) is 0 Å². The molecule has 228 valence electrons. The summed E-state index contributed by atoms with van der Waals surface area (Å²) in [5, 5.41) is 15.2. The molecule has 10 heteroatoms. The molecule has 0 unspecified atom stereocenters. The molecule has 1 aromatic heterocycles. The fraction of sp³-hybridized carbons (Fsp3) is 0.294. The molecular formula is C34H38N6O4. The minimum atomic E-state index is -0.313. The number of benzene rings is 3. The Bertz CT molecular complexity index is 1690. The van der Waals surface area contributed by atoms with E-state index in [9.17, 15) is 14.4 Å². The first-order valence-corrected chi connectivity index (χ1v) is 14.8. The molecule has 0 spiro atoms. The lowest BCUT2D eigenvalue weighted by Gasteiger charge is -2.28. The second-order valence-electron chi connectivity index (χ2n) is 11.1. The van der Waals surface area contributed by atoms with E-state index in [2.05, 4.69) is 20.5 Å². The zero-order valence-corrected chi connectivity index (χ0v) is 25.3. The Balaban J connectivity index is 1.33. The first-order chi connectivity index (χ1) is 21.2. The number of hydrogen-bond acceptors (Lipinski definition) is 7. The van der Waals surface area contributed by atoms with Crippen molar-refractivity contribution in [3.05, 3.63) is 100.0 Å². The van der Waals surface area contributed by atoms with Crippen molar-refractivity contribution in [2.24, 2.45) is 7.05 Å². The van der Waals surface area contributed by atoms with Crippen molar-refractivity contribution in [1.29, 1.82) is 0 Å². The molecule has 1 saturated heterocycles. The van der Waals surface area contributed by atoms with Crippen LogP contribution in [-0.2, 0) is 7.05 Å². The van der Waals surface area contributed by atoms with Crippen molar-refractivity contribution in [2.75, 3.05) is 48.8 Å². The van der Waals surface area contributed by atoms with Gasteiger partial charge in [0.2, 0.25) is 0 Å². The number of aliphatic hydroxyl groups excluding tert-OH is 1. The second kappa shape index (κ2) is 13.6. The number of amides is 2. The van der Waals surface area contributed by atoms with Gasteiger partial charge in [0.1, 0.15) is 0 Å². The molecule has 1 aliphatic heterocycles. The van der Waals surface area contributed by atoms with E-state index in [1.54, 1.807) is 44.6 Å². The number of nitrogens with one attached hydrogen (secondary N) is 2. The van der Waals surface area contributed by atoms with Gasteiger partial charge in [-0.05, 0) is 86.3 Å². The van der Waals surface area contributed by atoms with E-state index >= 15 is 0 Å². The van der Waals surface area contributed by atoms with E-state index in [-0.39, 0.29) is 36.3 Å². The minimum Gasteiger partial charge on any atom is -0.395 e. The quantitative estimate of drug-likeness (QED) is 0.255. The number of carbonyl (C=O) groups is 2. The Morgan fingerprint density at radius 3 is 2.32 bits per heavy atom. The van der Waals surface area contributed by atoms with Crippen molar-refractivity contribution >= 4 is 34.7 Å². The zero-order chi connectivity index (χ0) is 31.2. The second-order valence-corrected chi connectivity index (χ2v) is 11.1. The Labute approximate surface area is 257 Å². The van der Waals surface area contributed by atoms with Gasteiger partial charge in [0, 0.05) is 73.7 Å². The van der Waals surface area contributed by atoms with E-state index < -0.39 is 0 Å².